The van der Waals surface area contributed by atoms with Gasteiger partial charge in [0.1, 0.15) is 12.1 Å². The van der Waals surface area contributed by atoms with E-state index in [-0.39, 0.29) is 11.8 Å². The minimum absolute atomic E-state index is 0.0875. The summed E-state index contributed by atoms with van der Waals surface area (Å²) in [4.78, 5) is 42.8. The van der Waals surface area contributed by atoms with Crippen LogP contribution in [0.5, 0.6) is 0 Å². The first-order valence-corrected chi connectivity index (χ1v) is 11.3. The number of hydrogen-bond acceptors (Lipinski definition) is 7. The smallest absolute Gasteiger partial charge is 0.328 e. The van der Waals surface area contributed by atoms with Gasteiger partial charge in [-0.25, -0.2) is 24.2 Å². The van der Waals surface area contributed by atoms with Crippen LogP contribution in [0.2, 0.25) is 0 Å². The number of likely N-dealkylation sites (tertiary alicyclic amines) is 1. The molecular weight excluding hydrogens is 428 g/mol. The van der Waals surface area contributed by atoms with Gasteiger partial charge in [-0.1, -0.05) is 19.3 Å². The third-order valence-corrected chi connectivity index (χ3v) is 5.85. The van der Waals surface area contributed by atoms with Crippen LogP contribution in [0.4, 0.5) is 5.82 Å². The second kappa shape index (κ2) is 12.0. The van der Waals surface area contributed by atoms with Crippen molar-refractivity contribution in [2.75, 3.05) is 25.0 Å². The summed E-state index contributed by atoms with van der Waals surface area (Å²) in [6.45, 7) is 4.16. The zero-order valence-corrected chi connectivity index (χ0v) is 18.5. The molecule has 1 aliphatic carbocycles. The fourth-order valence-corrected chi connectivity index (χ4v) is 4.12. The lowest BCUT2D eigenvalue weighted by molar-refractivity contribution is -0.134. The number of rotatable bonds is 7. The monoisotopic (exact) mass is 458 g/mol. The molecule has 1 amide bonds. The fourth-order valence-electron chi connectivity index (χ4n) is 4.12. The summed E-state index contributed by atoms with van der Waals surface area (Å²) in [6.07, 6.45) is 12.5. The van der Waals surface area contributed by atoms with Crippen LogP contribution in [0.25, 0.3) is 11.0 Å². The third kappa shape index (κ3) is 7.35. The van der Waals surface area contributed by atoms with Crippen molar-refractivity contribution < 1.29 is 24.6 Å². The van der Waals surface area contributed by atoms with Crippen molar-refractivity contribution in [2.24, 2.45) is 5.92 Å². The average molecular weight is 459 g/mol. The Bertz CT molecular complexity index is 976. The summed E-state index contributed by atoms with van der Waals surface area (Å²) in [5.41, 5.74) is 0.799. The number of anilines is 1. The molecule has 3 heterocycles. The second-order valence-corrected chi connectivity index (χ2v) is 8.21. The number of carbonyl (C=O) groups excluding carboxylic acids is 1. The summed E-state index contributed by atoms with van der Waals surface area (Å²) in [7, 11) is 0. The second-order valence-electron chi connectivity index (χ2n) is 8.21. The number of carboxylic acid groups (broad SMARTS) is 2. The normalized spacial score (nSPS) is 17.1. The van der Waals surface area contributed by atoms with Gasteiger partial charge < -0.3 is 20.4 Å². The topological polar surface area (TPSA) is 151 Å². The molecule has 1 aliphatic heterocycles. The molecule has 1 saturated carbocycles. The lowest BCUT2D eigenvalue weighted by Crippen LogP contribution is -2.25. The number of aliphatic carboxylic acids is 2. The van der Waals surface area contributed by atoms with E-state index >= 15 is 0 Å². The Morgan fingerprint density at radius 2 is 1.64 bits per heavy atom. The molecule has 3 N–H and O–H groups in total. The van der Waals surface area contributed by atoms with E-state index in [1.54, 1.807) is 6.20 Å². The highest BCUT2D eigenvalue weighted by molar-refractivity contribution is 5.99. The molecule has 0 unspecified atom stereocenters. The number of amides is 1. The molecule has 2 aromatic heterocycles. The van der Waals surface area contributed by atoms with Crippen LogP contribution in [-0.4, -0.2) is 72.3 Å². The van der Waals surface area contributed by atoms with Gasteiger partial charge in [0.2, 0.25) is 5.91 Å². The van der Waals surface area contributed by atoms with E-state index in [1.165, 1.54) is 38.7 Å². The Balaban J connectivity index is 0.000000331. The summed E-state index contributed by atoms with van der Waals surface area (Å²) in [6, 6.07) is 0. The van der Waals surface area contributed by atoms with E-state index < -0.39 is 11.9 Å². The molecular formula is C22H30N6O5. The first kappa shape index (κ1) is 24.3. The predicted molar refractivity (Wildman–Crippen MR) is 121 cm³/mol. The first-order chi connectivity index (χ1) is 15.9. The molecule has 33 heavy (non-hydrogen) atoms. The summed E-state index contributed by atoms with van der Waals surface area (Å²) >= 11 is 0. The van der Waals surface area contributed by atoms with Crippen LogP contribution in [0.15, 0.2) is 24.7 Å². The number of hydrogen-bond donors (Lipinski definition) is 3. The molecule has 11 heteroatoms. The summed E-state index contributed by atoms with van der Waals surface area (Å²) in [5.74, 6) is -1.72. The van der Waals surface area contributed by atoms with Crippen molar-refractivity contribution in [3.63, 3.8) is 0 Å². The molecule has 178 valence electrons. The van der Waals surface area contributed by atoms with Gasteiger partial charge in [-0.15, -0.1) is 0 Å². The SMILES string of the molecule is O=C(Nc1ncnc2c1cnn2CCN1CCCC1)C1CCCCC1.O=C(O)/C=C\C(=O)O. The number of carbonyl (C=O) groups is 3. The molecule has 11 nitrogen and oxygen atoms in total. The zero-order chi connectivity index (χ0) is 23.6. The lowest BCUT2D eigenvalue weighted by atomic mass is 9.89. The van der Waals surface area contributed by atoms with Crippen molar-refractivity contribution in [1.82, 2.24) is 24.6 Å². The van der Waals surface area contributed by atoms with Gasteiger partial charge >= 0.3 is 11.9 Å². The van der Waals surface area contributed by atoms with Gasteiger partial charge in [-0.05, 0) is 38.8 Å². The maximum absolute atomic E-state index is 12.5. The van der Waals surface area contributed by atoms with Gasteiger partial charge in [0, 0.05) is 24.6 Å². The van der Waals surface area contributed by atoms with Gasteiger partial charge in [0.25, 0.3) is 0 Å². The molecule has 2 aromatic rings. The molecule has 4 rings (SSSR count). The molecule has 2 fully saturated rings. The molecule has 2 aliphatic rings. The largest absolute Gasteiger partial charge is 0.478 e. The summed E-state index contributed by atoms with van der Waals surface area (Å²) in [5, 5.41) is 23.9. The molecule has 0 radical (unpaired) electrons. The highest BCUT2D eigenvalue weighted by Gasteiger charge is 2.22. The Hall–Kier alpha value is -3.34. The van der Waals surface area contributed by atoms with Gasteiger partial charge in [0.05, 0.1) is 18.1 Å². The lowest BCUT2D eigenvalue weighted by Gasteiger charge is -2.20. The molecule has 1 saturated heterocycles. The van der Waals surface area contributed by atoms with E-state index in [0.717, 1.165) is 49.8 Å². The Kier molecular flexibility index (Phi) is 8.87. The van der Waals surface area contributed by atoms with Gasteiger partial charge in [0.15, 0.2) is 5.65 Å². The minimum atomic E-state index is -1.26. The Morgan fingerprint density at radius 3 is 2.27 bits per heavy atom. The predicted octanol–water partition coefficient (Wildman–Crippen LogP) is 2.15. The quantitative estimate of drug-likeness (QED) is 0.530. The number of nitrogens with zero attached hydrogens (tertiary/aromatic N) is 5. The number of fused-ring (bicyclic) bond motifs is 1. The van der Waals surface area contributed by atoms with Crippen LogP contribution in [0.3, 0.4) is 0 Å². The van der Waals surface area contributed by atoms with Crippen molar-refractivity contribution in [3.05, 3.63) is 24.7 Å². The van der Waals surface area contributed by atoms with E-state index in [4.69, 9.17) is 10.2 Å². The standard InChI is InChI=1S/C18H26N6O.C4H4O4/c25-18(14-6-2-1-3-7-14)22-16-15-12-21-24(17(15)20-13-19-16)11-10-23-8-4-5-9-23;5-3(6)1-2-4(7)8/h12-14H,1-11H2,(H,19,20,22,25);1-2H,(H,5,6)(H,7,8)/b;2-1-. The van der Waals surface area contributed by atoms with Crippen molar-refractivity contribution in [3.8, 4) is 0 Å². The Morgan fingerprint density at radius 1 is 0.970 bits per heavy atom. The molecule has 0 spiro atoms. The zero-order valence-electron chi connectivity index (χ0n) is 18.5. The molecule has 0 bridgehead atoms. The van der Waals surface area contributed by atoms with Gasteiger partial charge in [-0.2, -0.15) is 5.10 Å². The fraction of sp³-hybridized carbons (Fsp3) is 0.545. The van der Waals surface area contributed by atoms with Crippen LogP contribution >= 0.6 is 0 Å². The maximum Gasteiger partial charge on any atom is 0.328 e. The minimum Gasteiger partial charge on any atom is -0.478 e. The first-order valence-electron chi connectivity index (χ1n) is 11.3. The number of carboxylic acids is 2. The average Bonchev–Trinajstić information content (AvgIpc) is 3.48. The Labute approximate surface area is 191 Å². The maximum atomic E-state index is 12.5. The van der Waals surface area contributed by atoms with Crippen LogP contribution in [0.1, 0.15) is 44.9 Å². The van der Waals surface area contributed by atoms with Crippen molar-refractivity contribution in [2.45, 2.75) is 51.5 Å². The van der Waals surface area contributed by atoms with E-state index in [0.29, 0.717) is 18.0 Å². The van der Waals surface area contributed by atoms with Gasteiger partial charge in [-0.3, -0.25) is 4.79 Å². The highest BCUT2D eigenvalue weighted by atomic mass is 16.4. The van der Waals surface area contributed by atoms with Crippen LogP contribution < -0.4 is 5.32 Å². The van der Waals surface area contributed by atoms with E-state index in [1.807, 2.05) is 4.68 Å². The van der Waals surface area contributed by atoms with E-state index in [9.17, 15) is 14.4 Å². The van der Waals surface area contributed by atoms with E-state index in [2.05, 4.69) is 25.3 Å². The highest BCUT2D eigenvalue weighted by Crippen LogP contribution is 2.26. The number of aromatic nitrogens is 4. The molecule has 0 aromatic carbocycles. The van der Waals surface area contributed by atoms with Crippen LogP contribution in [-0.2, 0) is 20.9 Å². The summed E-state index contributed by atoms with van der Waals surface area (Å²) < 4.78 is 1.92. The van der Waals surface area contributed by atoms with Crippen molar-refractivity contribution in [1.29, 1.82) is 0 Å². The van der Waals surface area contributed by atoms with Crippen molar-refractivity contribution >= 4 is 34.7 Å². The van der Waals surface area contributed by atoms with Crippen LogP contribution in [0, 0.1) is 5.92 Å². The third-order valence-electron chi connectivity index (χ3n) is 5.85. The molecule has 0 atom stereocenters. The number of nitrogens with one attached hydrogen (secondary N) is 1.